The molecule has 1 amide bonds. The van der Waals surface area contributed by atoms with Gasteiger partial charge in [-0.2, -0.15) is 0 Å². The highest BCUT2D eigenvalue weighted by Gasteiger charge is 2.46. The van der Waals surface area contributed by atoms with Gasteiger partial charge in [-0.3, -0.25) is 9.59 Å². The van der Waals surface area contributed by atoms with Crippen LogP contribution in [0.25, 0.3) is 5.76 Å². The number of amides is 1. The normalized spacial score (nSPS) is 20.7. The van der Waals surface area contributed by atoms with Crippen molar-refractivity contribution in [3.63, 3.8) is 0 Å². The zero-order chi connectivity index (χ0) is 24.7. The van der Waals surface area contributed by atoms with Crippen molar-refractivity contribution in [2.45, 2.75) is 31.9 Å². The number of hydrogen-bond donors (Lipinski definition) is 2. The highest BCUT2D eigenvalue weighted by molar-refractivity contribution is 6.46. The van der Waals surface area contributed by atoms with E-state index < -0.39 is 17.7 Å². The molecule has 2 aliphatic rings. The lowest BCUT2D eigenvalue weighted by atomic mass is 9.94. The van der Waals surface area contributed by atoms with Gasteiger partial charge in [0.1, 0.15) is 23.4 Å². The van der Waals surface area contributed by atoms with Gasteiger partial charge in [-0.15, -0.1) is 0 Å². The summed E-state index contributed by atoms with van der Waals surface area (Å²) in [5.74, 6) is -0.923. The van der Waals surface area contributed by atoms with Crippen molar-refractivity contribution in [3.05, 3.63) is 99.6 Å². The number of fused-ring (bicyclic) bond motifs is 1. The predicted molar refractivity (Wildman–Crippen MR) is 133 cm³/mol. The molecule has 1 saturated heterocycles. The van der Waals surface area contributed by atoms with Crippen molar-refractivity contribution in [1.29, 1.82) is 0 Å². The second-order valence-electron chi connectivity index (χ2n) is 8.92. The quantitative estimate of drug-likeness (QED) is 0.298. The zero-order valence-electron chi connectivity index (χ0n) is 19.1. The fourth-order valence-electron chi connectivity index (χ4n) is 4.78. The number of Topliss-reactive ketones (excluding diaryl/α,β-unsaturated/α-hetero) is 1. The average Bonchev–Trinajstić information content (AvgIpc) is 3.34. The van der Waals surface area contributed by atoms with Crippen LogP contribution in [0.3, 0.4) is 0 Å². The molecule has 35 heavy (non-hydrogen) atoms. The van der Waals surface area contributed by atoms with Crippen LogP contribution in [0.2, 0.25) is 5.02 Å². The molecule has 0 bridgehead atoms. The van der Waals surface area contributed by atoms with Crippen LogP contribution < -0.4 is 4.74 Å². The lowest BCUT2D eigenvalue weighted by Crippen LogP contribution is -2.31. The largest absolute Gasteiger partial charge is 0.508 e. The first-order valence-electron chi connectivity index (χ1n) is 11.4. The summed E-state index contributed by atoms with van der Waals surface area (Å²) in [4.78, 5) is 27.8. The van der Waals surface area contributed by atoms with Crippen molar-refractivity contribution in [3.8, 4) is 11.5 Å². The molecule has 2 atom stereocenters. The van der Waals surface area contributed by atoms with E-state index in [4.69, 9.17) is 16.3 Å². The number of phenolic OH excluding ortho intramolecular Hbond substituents is 1. The van der Waals surface area contributed by atoms with E-state index in [1.807, 2.05) is 19.1 Å². The van der Waals surface area contributed by atoms with Crippen LogP contribution in [0.5, 0.6) is 11.5 Å². The van der Waals surface area contributed by atoms with E-state index in [1.54, 1.807) is 42.5 Å². The molecule has 6 nitrogen and oxygen atoms in total. The maximum absolute atomic E-state index is 13.2. The topological polar surface area (TPSA) is 87.1 Å². The minimum atomic E-state index is -0.835. The summed E-state index contributed by atoms with van der Waals surface area (Å²) >= 11 is 5.98. The van der Waals surface area contributed by atoms with Gasteiger partial charge < -0.3 is 19.8 Å². The molecule has 1 fully saturated rings. The Morgan fingerprint density at radius 2 is 1.86 bits per heavy atom. The van der Waals surface area contributed by atoms with Gasteiger partial charge in [0.05, 0.1) is 11.6 Å². The number of ketones is 1. The van der Waals surface area contributed by atoms with Crippen molar-refractivity contribution in [2.24, 2.45) is 0 Å². The molecule has 2 N–H and O–H groups in total. The molecule has 5 rings (SSSR count). The molecule has 2 heterocycles. The summed E-state index contributed by atoms with van der Waals surface area (Å²) in [6.45, 7) is 2.21. The van der Waals surface area contributed by atoms with E-state index in [0.29, 0.717) is 29.0 Å². The van der Waals surface area contributed by atoms with Gasteiger partial charge in [0.15, 0.2) is 0 Å². The van der Waals surface area contributed by atoms with Crippen LogP contribution in [-0.4, -0.2) is 39.5 Å². The second-order valence-corrected chi connectivity index (χ2v) is 9.36. The van der Waals surface area contributed by atoms with Gasteiger partial charge in [0.25, 0.3) is 11.7 Å². The molecule has 0 saturated carbocycles. The van der Waals surface area contributed by atoms with Gasteiger partial charge in [0.2, 0.25) is 0 Å². The SMILES string of the molecule is CC1Cc2cc(/C(O)=C3/C(=O)C(=O)N(CCc4ccc(Cl)cc4)C3c3cccc(O)c3)ccc2O1. The Labute approximate surface area is 208 Å². The summed E-state index contributed by atoms with van der Waals surface area (Å²) in [6.07, 6.45) is 1.23. The van der Waals surface area contributed by atoms with Crippen LogP contribution in [0.15, 0.2) is 72.3 Å². The number of carbonyl (C=O) groups is 2. The van der Waals surface area contributed by atoms with Gasteiger partial charge in [-0.25, -0.2) is 0 Å². The van der Waals surface area contributed by atoms with E-state index >= 15 is 0 Å². The monoisotopic (exact) mass is 489 g/mol. The molecule has 0 spiro atoms. The number of aliphatic hydroxyl groups is 1. The van der Waals surface area contributed by atoms with E-state index in [2.05, 4.69) is 0 Å². The standard InChI is InChI=1S/C28H24ClNO5/c1-16-13-20-14-19(7-10-23(20)35-16)26(32)24-25(18-3-2-4-22(31)15-18)30(28(34)27(24)33)12-11-17-5-8-21(29)9-6-17/h2-10,14-16,25,31-32H,11-13H2,1H3/b26-24-. The Hall–Kier alpha value is -3.77. The Bertz CT molecular complexity index is 1350. The Morgan fingerprint density at radius 1 is 1.09 bits per heavy atom. The number of carbonyl (C=O) groups excluding carboxylic acids is 2. The first-order valence-corrected chi connectivity index (χ1v) is 11.8. The second kappa shape index (κ2) is 9.12. The molecule has 7 heteroatoms. The summed E-state index contributed by atoms with van der Waals surface area (Å²) < 4.78 is 5.74. The summed E-state index contributed by atoms with van der Waals surface area (Å²) in [6, 6.07) is 18.1. The minimum Gasteiger partial charge on any atom is -0.508 e. The molecule has 3 aromatic carbocycles. The number of aromatic hydroxyl groups is 1. The number of likely N-dealkylation sites (tertiary alicyclic amines) is 1. The van der Waals surface area contributed by atoms with E-state index in [-0.39, 0.29) is 29.7 Å². The molecular weight excluding hydrogens is 466 g/mol. The number of rotatable bonds is 5. The average molecular weight is 490 g/mol. The van der Waals surface area contributed by atoms with Crippen LogP contribution >= 0.6 is 11.6 Å². The Morgan fingerprint density at radius 3 is 2.60 bits per heavy atom. The lowest BCUT2D eigenvalue weighted by molar-refractivity contribution is -0.139. The van der Waals surface area contributed by atoms with Crippen LogP contribution in [-0.2, 0) is 22.4 Å². The Balaban J connectivity index is 1.56. The minimum absolute atomic E-state index is 0.00335. The number of hydrogen-bond acceptors (Lipinski definition) is 5. The third-order valence-electron chi connectivity index (χ3n) is 6.45. The number of halogens is 1. The molecule has 0 radical (unpaired) electrons. The third kappa shape index (κ3) is 4.37. The van der Waals surface area contributed by atoms with E-state index in [0.717, 1.165) is 16.9 Å². The fraction of sp³-hybridized carbons (Fsp3) is 0.214. The highest BCUT2D eigenvalue weighted by atomic mass is 35.5. The van der Waals surface area contributed by atoms with Crippen LogP contribution in [0.4, 0.5) is 0 Å². The summed E-state index contributed by atoms with van der Waals surface area (Å²) in [5, 5.41) is 22.0. The summed E-state index contributed by atoms with van der Waals surface area (Å²) in [5.41, 5.74) is 2.89. The molecule has 0 aromatic heterocycles. The predicted octanol–water partition coefficient (Wildman–Crippen LogP) is 5.03. The van der Waals surface area contributed by atoms with Gasteiger partial charge in [0, 0.05) is 23.6 Å². The lowest BCUT2D eigenvalue weighted by Gasteiger charge is -2.25. The number of nitrogens with zero attached hydrogens (tertiary/aromatic N) is 1. The Kier molecular flexibility index (Phi) is 5.99. The van der Waals surface area contributed by atoms with E-state index in [1.165, 1.54) is 17.0 Å². The molecule has 2 aliphatic heterocycles. The number of phenols is 1. The zero-order valence-corrected chi connectivity index (χ0v) is 19.8. The first-order chi connectivity index (χ1) is 16.8. The first kappa shape index (κ1) is 23.0. The van der Waals surface area contributed by atoms with Crippen molar-refractivity contribution < 1.29 is 24.5 Å². The fourth-order valence-corrected chi connectivity index (χ4v) is 4.90. The maximum Gasteiger partial charge on any atom is 0.295 e. The third-order valence-corrected chi connectivity index (χ3v) is 6.70. The maximum atomic E-state index is 13.2. The summed E-state index contributed by atoms with van der Waals surface area (Å²) in [7, 11) is 0. The molecule has 0 aliphatic carbocycles. The van der Waals surface area contributed by atoms with Crippen LogP contribution in [0.1, 0.15) is 35.2 Å². The number of ether oxygens (including phenoxy) is 1. The van der Waals surface area contributed by atoms with E-state index in [9.17, 15) is 19.8 Å². The van der Waals surface area contributed by atoms with Crippen molar-refractivity contribution >= 4 is 29.1 Å². The van der Waals surface area contributed by atoms with Crippen molar-refractivity contribution in [2.75, 3.05) is 6.54 Å². The smallest absolute Gasteiger partial charge is 0.295 e. The molecule has 178 valence electrons. The van der Waals surface area contributed by atoms with Crippen LogP contribution in [0, 0.1) is 0 Å². The molecular formula is C28H24ClNO5. The highest BCUT2D eigenvalue weighted by Crippen LogP contribution is 2.41. The van der Waals surface area contributed by atoms with Gasteiger partial charge in [-0.05, 0) is 72.5 Å². The number of benzene rings is 3. The van der Waals surface area contributed by atoms with Crippen molar-refractivity contribution in [1.82, 2.24) is 4.90 Å². The molecule has 3 aromatic rings. The van der Waals surface area contributed by atoms with Gasteiger partial charge >= 0.3 is 0 Å². The number of aliphatic hydroxyl groups excluding tert-OH is 1. The van der Waals surface area contributed by atoms with Gasteiger partial charge in [-0.1, -0.05) is 35.9 Å². The molecule has 2 unspecified atom stereocenters.